The Balaban J connectivity index is 1.33. The molecule has 9 heteroatoms. The summed E-state index contributed by atoms with van der Waals surface area (Å²) in [6.45, 7) is 2.22. The van der Waals surface area contributed by atoms with E-state index in [9.17, 15) is 4.79 Å². The van der Waals surface area contributed by atoms with E-state index in [2.05, 4.69) is 22.5 Å². The fourth-order valence-electron chi connectivity index (χ4n) is 3.44. The zero-order chi connectivity index (χ0) is 22.9. The summed E-state index contributed by atoms with van der Waals surface area (Å²) in [6, 6.07) is 16.2. The van der Waals surface area contributed by atoms with Gasteiger partial charge in [-0.3, -0.25) is 10.1 Å². The Bertz CT molecular complexity index is 1400. The predicted octanol–water partition coefficient (Wildman–Crippen LogP) is 5.57. The number of fused-ring (bicyclic) bond motifs is 2. The summed E-state index contributed by atoms with van der Waals surface area (Å²) in [4.78, 5) is 17.2. The van der Waals surface area contributed by atoms with E-state index in [4.69, 9.17) is 37.7 Å². The Morgan fingerprint density at radius 1 is 1.09 bits per heavy atom. The molecule has 7 nitrogen and oxygen atoms in total. The molecule has 0 unspecified atom stereocenters. The molecule has 0 aliphatic carbocycles. The molecule has 4 aromatic rings. The summed E-state index contributed by atoms with van der Waals surface area (Å²) < 4.78 is 16.5. The van der Waals surface area contributed by atoms with Crippen molar-refractivity contribution in [3.63, 3.8) is 0 Å². The minimum atomic E-state index is -0.385. The number of aryl methyl sites for hydroxylation is 1. The summed E-state index contributed by atoms with van der Waals surface area (Å²) in [5.41, 5.74) is 4.31. The molecule has 33 heavy (non-hydrogen) atoms. The third-order valence-corrected chi connectivity index (χ3v) is 5.72. The van der Waals surface area contributed by atoms with Crippen molar-refractivity contribution in [2.24, 2.45) is 0 Å². The SMILES string of the molecule is CCc1ccc2oc(-c3ccc(Cl)c(NC(=S)NC(=O)c4ccc5c(c4)OCO5)c3)nc2c1. The lowest BCUT2D eigenvalue weighted by Gasteiger charge is -2.12. The molecule has 2 N–H and O–H groups in total. The number of oxazole rings is 1. The number of rotatable bonds is 4. The predicted molar refractivity (Wildman–Crippen MR) is 130 cm³/mol. The number of carbonyl (C=O) groups is 1. The second kappa shape index (κ2) is 8.73. The van der Waals surface area contributed by atoms with Crippen molar-refractivity contribution in [1.29, 1.82) is 0 Å². The smallest absolute Gasteiger partial charge is 0.257 e. The fraction of sp³-hybridized carbons (Fsp3) is 0.125. The van der Waals surface area contributed by atoms with Crippen molar-refractivity contribution in [2.75, 3.05) is 12.1 Å². The highest BCUT2D eigenvalue weighted by molar-refractivity contribution is 7.80. The maximum absolute atomic E-state index is 12.6. The Morgan fingerprint density at radius 2 is 1.94 bits per heavy atom. The molecule has 0 radical (unpaired) electrons. The Kier molecular flexibility index (Phi) is 5.62. The van der Waals surface area contributed by atoms with Crippen LogP contribution in [0.1, 0.15) is 22.8 Å². The third kappa shape index (κ3) is 4.35. The van der Waals surface area contributed by atoms with Crippen molar-refractivity contribution in [3.05, 3.63) is 70.7 Å². The number of thiocarbonyl (C=S) groups is 1. The molecule has 0 spiro atoms. The number of amides is 1. The van der Waals surface area contributed by atoms with Crippen molar-refractivity contribution >= 4 is 51.6 Å². The maximum Gasteiger partial charge on any atom is 0.257 e. The number of nitrogens with zero attached hydrogens (tertiary/aromatic N) is 1. The minimum Gasteiger partial charge on any atom is -0.454 e. The highest BCUT2D eigenvalue weighted by Crippen LogP contribution is 2.33. The van der Waals surface area contributed by atoms with Crippen molar-refractivity contribution in [1.82, 2.24) is 10.3 Å². The van der Waals surface area contributed by atoms with Gasteiger partial charge < -0.3 is 19.2 Å². The molecule has 0 saturated carbocycles. The average Bonchev–Trinajstić information content (AvgIpc) is 3.46. The molecule has 1 amide bonds. The van der Waals surface area contributed by atoms with Crippen LogP contribution in [0, 0.1) is 0 Å². The van der Waals surface area contributed by atoms with Crippen LogP contribution in [0.2, 0.25) is 5.02 Å². The second-order valence-electron chi connectivity index (χ2n) is 7.35. The molecular weight excluding hydrogens is 462 g/mol. The number of benzene rings is 3. The lowest BCUT2D eigenvalue weighted by Crippen LogP contribution is -2.34. The van der Waals surface area contributed by atoms with Gasteiger partial charge in [-0.15, -0.1) is 0 Å². The quantitative estimate of drug-likeness (QED) is 0.370. The van der Waals surface area contributed by atoms with Crippen molar-refractivity contribution in [2.45, 2.75) is 13.3 Å². The number of hydrogen-bond acceptors (Lipinski definition) is 6. The van der Waals surface area contributed by atoms with E-state index in [0.29, 0.717) is 39.2 Å². The van der Waals surface area contributed by atoms with Crippen LogP contribution in [0.25, 0.3) is 22.6 Å². The molecule has 3 aromatic carbocycles. The van der Waals surface area contributed by atoms with Gasteiger partial charge in [0.15, 0.2) is 22.2 Å². The van der Waals surface area contributed by atoms with Gasteiger partial charge in [0.05, 0.1) is 10.7 Å². The lowest BCUT2D eigenvalue weighted by molar-refractivity contribution is 0.0977. The number of aromatic nitrogens is 1. The Hall–Kier alpha value is -3.62. The topological polar surface area (TPSA) is 85.6 Å². The molecule has 0 fully saturated rings. The Labute approximate surface area is 199 Å². The average molecular weight is 480 g/mol. The van der Waals surface area contributed by atoms with Crippen molar-refractivity contribution < 1.29 is 18.7 Å². The zero-order valence-electron chi connectivity index (χ0n) is 17.5. The molecular formula is C24H18ClN3O4S. The number of nitrogens with one attached hydrogen (secondary N) is 2. The first-order valence-electron chi connectivity index (χ1n) is 10.2. The summed E-state index contributed by atoms with van der Waals surface area (Å²) >= 11 is 11.7. The van der Waals surface area contributed by atoms with Gasteiger partial charge in [0.2, 0.25) is 12.7 Å². The third-order valence-electron chi connectivity index (χ3n) is 5.18. The van der Waals surface area contributed by atoms with E-state index in [-0.39, 0.29) is 17.8 Å². The second-order valence-corrected chi connectivity index (χ2v) is 8.16. The van der Waals surface area contributed by atoms with E-state index < -0.39 is 0 Å². The molecule has 1 aliphatic rings. The molecule has 2 heterocycles. The van der Waals surface area contributed by atoms with Crippen molar-refractivity contribution in [3.8, 4) is 23.0 Å². The summed E-state index contributed by atoms with van der Waals surface area (Å²) in [5.74, 6) is 1.19. The number of hydrogen-bond donors (Lipinski definition) is 2. The minimum absolute atomic E-state index is 0.0990. The van der Waals surface area contributed by atoms with Crippen LogP contribution in [0.4, 0.5) is 5.69 Å². The number of ether oxygens (including phenoxy) is 2. The fourth-order valence-corrected chi connectivity index (χ4v) is 3.80. The highest BCUT2D eigenvalue weighted by atomic mass is 35.5. The standard InChI is InChI=1S/C24H18ClN3O4S/c1-2-13-3-7-19-18(9-13)26-23(32-19)15-4-6-16(25)17(10-15)27-24(33)28-22(29)14-5-8-20-21(11-14)31-12-30-20/h3-11H,2,12H2,1H3,(H2,27,28,29,33). The van der Waals surface area contributed by atoms with Crippen LogP contribution in [-0.2, 0) is 6.42 Å². The molecule has 0 atom stereocenters. The lowest BCUT2D eigenvalue weighted by atomic mass is 10.1. The van der Waals surface area contributed by atoms with Crippen LogP contribution in [0.3, 0.4) is 0 Å². The Morgan fingerprint density at radius 3 is 2.79 bits per heavy atom. The first-order chi connectivity index (χ1) is 16.0. The van der Waals surface area contributed by atoms with Crippen LogP contribution in [0.15, 0.2) is 59.0 Å². The van der Waals surface area contributed by atoms with Crippen LogP contribution < -0.4 is 20.1 Å². The monoisotopic (exact) mass is 479 g/mol. The van der Waals surface area contributed by atoms with E-state index in [0.717, 1.165) is 17.5 Å². The number of halogens is 1. The first-order valence-corrected chi connectivity index (χ1v) is 11.0. The van der Waals surface area contributed by atoms with Gasteiger partial charge in [-0.25, -0.2) is 4.98 Å². The van der Waals surface area contributed by atoms with Crippen LogP contribution in [0.5, 0.6) is 11.5 Å². The van der Waals surface area contributed by atoms with Gasteiger partial charge in [0.25, 0.3) is 5.91 Å². The van der Waals surface area contributed by atoms with E-state index in [1.54, 1.807) is 30.3 Å². The molecule has 166 valence electrons. The van der Waals surface area contributed by atoms with E-state index in [1.165, 1.54) is 5.56 Å². The van der Waals surface area contributed by atoms with E-state index >= 15 is 0 Å². The van der Waals surface area contributed by atoms with E-state index in [1.807, 2.05) is 24.3 Å². The van der Waals surface area contributed by atoms with Gasteiger partial charge in [0, 0.05) is 11.1 Å². The first kappa shape index (κ1) is 21.2. The zero-order valence-corrected chi connectivity index (χ0v) is 19.0. The summed E-state index contributed by atoms with van der Waals surface area (Å²) in [7, 11) is 0. The maximum atomic E-state index is 12.6. The number of carbonyl (C=O) groups excluding carboxylic acids is 1. The molecule has 1 aromatic heterocycles. The van der Waals surface area contributed by atoms with Gasteiger partial charge in [-0.1, -0.05) is 24.6 Å². The summed E-state index contributed by atoms with van der Waals surface area (Å²) in [6.07, 6.45) is 0.919. The summed E-state index contributed by atoms with van der Waals surface area (Å²) in [5, 5.41) is 6.14. The molecule has 0 saturated heterocycles. The van der Waals surface area contributed by atoms with Gasteiger partial charge in [-0.05, 0) is 72.7 Å². The van der Waals surface area contributed by atoms with Gasteiger partial charge >= 0.3 is 0 Å². The van der Waals surface area contributed by atoms with Gasteiger partial charge in [-0.2, -0.15) is 0 Å². The molecule has 0 bridgehead atoms. The van der Waals surface area contributed by atoms with Gasteiger partial charge in [0.1, 0.15) is 5.52 Å². The number of anilines is 1. The normalized spacial score (nSPS) is 12.1. The molecule has 5 rings (SSSR count). The van der Waals surface area contributed by atoms with Crippen LogP contribution >= 0.6 is 23.8 Å². The molecule has 1 aliphatic heterocycles. The largest absolute Gasteiger partial charge is 0.454 e. The van der Waals surface area contributed by atoms with Crippen LogP contribution in [-0.4, -0.2) is 22.8 Å². The highest BCUT2D eigenvalue weighted by Gasteiger charge is 2.17.